The number of nitrogens with zero attached hydrogens (tertiary/aromatic N) is 2. The molecule has 10 heteroatoms. The van der Waals surface area contributed by atoms with Crippen LogP contribution in [0.3, 0.4) is 0 Å². The molecule has 0 bridgehead atoms. The summed E-state index contributed by atoms with van der Waals surface area (Å²) in [7, 11) is 0. The summed E-state index contributed by atoms with van der Waals surface area (Å²) in [6, 6.07) is 18.5. The van der Waals surface area contributed by atoms with Crippen molar-refractivity contribution in [2.45, 2.75) is 25.9 Å². The molecule has 2 N–H and O–H groups in total. The highest BCUT2D eigenvalue weighted by Gasteiger charge is 2.42. The Labute approximate surface area is 238 Å². The highest BCUT2D eigenvalue weighted by molar-refractivity contribution is 9.10. The normalized spacial score (nSPS) is 17.1. The third kappa shape index (κ3) is 5.18. The summed E-state index contributed by atoms with van der Waals surface area (Å²) in [5.41, 5.74) is 2.75. The maximum absolute atomic E-state index is 13.7. The lowest BCUT2D eigenvalue weighted by Crippen LogP contribution is -2.29. The molecule has 0 saturated carbocycles. The molecule has 38 heavy (non-hydrogen) atoms. The van der Waals surface area contributed by atoms with Gasteiger partial charge in [0.15, 0.2) is 5.11 Å². The molecular weight excluding hydrogens is 591 g/mol. The molecule has 5 rings (SSSR count). The third-order valence-corrected chi connectivity index (χ3v) is 7.51. The number of nitrogens with one attached hydrogen (secondary N) is 2. The van der Waals surface area contributed by atoms with Crippen LogP contribution in [0.4, 0.5) is 15.8 Å². The number of benzene rings is 2. The lowest BCUT2D eigenvalue weighted by Gasteiger charge is -2.26. The van der Waals surface area contributed by atoms with E-state index in [-0.39, 0.29) is 23.7 Å². The van der Waals surface area contributed by atoms with Crippen molar-refractivity contribution in [3.05, 3.63) is 99.7 Å². The molecule has 0 radical (unpaired) electrons. The quantitative estimate of drug-likeness (QED) is 0.218. The Morgan fingerprint density at radius 2 is 2.00 bits per heavy atom. The Balaban J connectivity index is 1.56. The average Bonchev–Trinajstić information content (AvgIpc) is 3.50. The number of anilines is 2. The van der Waals surface area contributed by atoms with Crippen molar-refractivity contribution in [1.82, 2.24) is 10.3 Å². The second kappa shape index (κ2) is 10.8. The molecule has 2 aromatic carbocycles. The molecule has 0 unspecified atom stereocenters. The summed E-state index contributed by atoms with van der Waals surface area (Å²) in [5, 5.41) is 7.09. The van der Waals surface area contributed by atoms with Gasteiger partial charge in [0.2, 0.25) is 5.91 Å². The van der Waals surface area contributed by atoms with E-state index in [1.54, 1.807) is 24.4 Å². The lowest BCUT2D eigenvalue weighted by molar-refractivity contribution is -0.118. The first-order chi connectivity index (χ1) is 18.2. The van der Waals surface area contributed by atoms with Gasteiger partial charge in [-0.1, -0.05) is 31.5 Å². The van der Waals surface area contributed by atoms with E-state index in [9.17, 15) is 9.18 Å². The lowest BCUT2D eigenvalue weighted by atomic mass is 10.0. The van der Waals surface area contributed by atoms with E-state index < -0.39 is 6.04 Å². The van der Waals surface area contributed by atoms with Crippen LogP contribution in [-0.4, -0.2) is 16.0 Å². The molecule has 1 aliphatic rings. The van der Waals surface area contributed by atoms with Crippen molar-refractivity contribution >= 4 is 62.1 Å². The van der Waals surface area contributed by atoms with Crippen molar-refractivity contribution in [3.8, 4) is 11.3 Å². The van der Waals surface area contributed by atoms with Crippen LogP contribution in [0.15, 0.2) is 81.8 Å². The summed E-state index contributed by atoms with van der Waals surface area (Å²) in [5.74, 6) is 0.561. The van der Waals surface area contributed by atoms with E-state index in [1.165, 1.54) is 12.1 Å². The first-order valence-electron chi connectivity index (χ1n) is 11.9. The van der Waals surface area contributed by atoms with E-state index in [0.717, 1.165) is 16.9 Å². The first-order valence-corrected chi connectivity index (χ1v) is 13.5. The average molecular weight is 614 g/mol. The van der Waals surface area contributed by atoms with Gasteiger partial charge in [-0.15, -0.1) is 0 Å². The van der Waals surface area contributed by atoms with Crippen LogP contribution in [-0.2, 0) is 4.79 Å². The van der Waals surface area contributed by atoms with Gasteiger partial charge in [0.05, 0.1) is 22.4 Å². The van der Waals surface area contributed by atoms with Gasteiger partial charge >= 0.3 is 0 Å². The number of pyridine rings is 1. The fraction of sp³-hybridized carbons (Fsp3) is 0.179. The third-order valence-electron chi connectivity index (χ3n) is 6.23. The summed E-state index contributed by atoms with van der Waals surface area (Å²) < 4.78 is 20.6. The van der Waals surface area contributed by atoms with Crippen LogP contribution in [0.25, 0.3) is 11.3 Å². The van der Waals surface area contributed by atoms with Crippen LogP contribution >= 0.6 is 39.7 Å². The zero-order valence-corrected chi connectivity index (χ0v) is 23.6. The number of hydrogen-bond acceptors (Lipinski definition) is 4. The summed E-state index contributed by atoms with van der Waals surface area (Å²) in [6.45, 7) is 3.63. The van der Waals surface area contributed by atoms with E-state index in [2.05, 4.69) is 31.5 Å². The molecule has 1 saturated heterocycles. The fourth-order valence-corrected chi connectivity index (χ4v) is 5.41. The van der Waals surface area contributed by atoms with Crippen LogP contribution in [0, 0.1) is 11.7 Å². The molecule has 6 nitrogen and oxygen atoms in total. The molecule has 0 aliphatic carbocycles. The highest BCUT2D eigenvalue weighted by atomic mass is 79.9. The van der Waals surface area contributed by atoms with Gasteiger partial charge in [-0.25, -0.2) is 4.39 Å². The Kier molecular flexibility index (Phi) is 7.52. The van der Waals surface area contributed by atoms with Crippen LogP contribution < -0.4 is 15.5 Å². The minimum Gasteiger partial charge on any atom is -0.459 e. The number of halogens is 3. The Morgan fingerprint density at radius 3 is 2.68 bits per heavy atom. The number of aromatic nitrogens is 1. The van der Waals surface area contributed by atoms with Crippen LogP contribution in [0.2, 0.25) is 5.02 Å². The van der Waals surface area contributed by atoms with Crippen molar-refractivity contribution < 1.29 is 13.6 Å². The smallest absolute Gasteiger partial charge is 0.226 e. The van der Waals surface area contributed by atoms with Gasteiger partial charge < -0.3 is 20.0 Å². The monoisotopic (exact) mass is 612 g/mol. The number of furan rings is 1. The summed E-state index contributed by atoms with van der Waals surface area (Å²) in [4.78, 5) is 18.7. The predicted molar refractivity (Wildman–Crippen MR) is 155 cm³/mol. The second-order valence-corrected chi connectivity index (χ2v) is 10.8. The molecule has 2 atom stereocenters. The topological polar surface area (TPSA) is 70.4 Å². The predicted octanol–water partition coefficient (Wildman–Crippen LogP) is 7.67. The number of carbonyl (C=O) groups excluding carboxylic acids is 1. The van der Waals surface area contributed by atoms with E-state index >= 15 is 0 Å². The van der Waals surface area contributed by atoms with E-state index in [0.29, 0.717) is 31.8 Å². The fourth-order valence-electron chi connectivity index (χ4n) is 4.30. The molecule has 1 fully saturated rings. The molecule has 3 heterocycles. The molecule has 194 valence electrons. The highest BCUT2D eigenvalue weighted by Crippen LogP contribution is 2.44. The molecule has 1 amide bonds. The number of hydrogen-bond donors (Lipinski definition) is 2. The maximum Gasteiger partial charge on any atom is 0.226 e. The standard InChI is InChI=1S/C28H23BrClFN4O2S/c1-15(2)27(36)33-21-9-7-17(14-20(21)30)35-26(25(34-28(35)38)22-5-3-4-12-32-22)24-11-10-23(37-24)18-8-6-16(31)13-19(18)29/h3-15,25-26H,1-2H3,(H,33,36)(H,34,38)/t25-,26+/m1/s1. The largest absolute Gasteiger partial charge is 0.459 e. The molecule has 0 spiro atoms. The van der Waals surface area contributed by atoms with Crippen molar-refractivity contribution in [2.75, 3.05) is 10.2 Å². The molecule has 1 aliphatic heterocycles. The van der Waals surface area contributed by atoms with Crippen LogP contribution in [0.1, 0.15) is 37.4 Å². The van der Waals surface area contributed by atoms with Crippen LogP contribution in [0.5, 0.6) is 0 Å². The van der Waals surface area contributed by atoms with Gasteiger partial charge in [0, 0.05) is 27.8 Å². The molecular formula is C28H23BrClFN4O2S. The summed E-state index contributed by atoms with van der Waals surface area (Å²) >= 11 is 15.8. The minimum atomic E-state index is -0.405. The summed E-state index contributed by atoms with van der Waals surface area (Å²) in [6.07, 6.45) is 1.73. The second-order valence-electron chi connectivity index (χ2n) is 9.13. The van der Waals surface area contributed by atoms with E-state index in [1.807, 2.05) is 55.1 Å². The number of amides is 1. The van der Waals surface area contributed by atoms with Gasteiger partial charge in [-0.3, -0.25) is 9.78 Å². The van der Waals surface area contributed by atoms with Gasteiger partial charge in [-0.05, 0) is 88.8 Å². The maximum atomic E-state index is 13.7. The first kappa shape index (κ1) is 26.3. The zero-order valence-electron chi connectivity index (χ0n) is 20.4. The zero-order chi connectivity index (χ0) is 27.0. The van der Waals surface area contributed by atoms with Crippen molar-refractivity contribution in [1.29, 1.82) is 0 Å². The van der Waals surface area contributed by atoms with Gasteiger partial charge in [0.1, 0.15) is 23.4 Å². The number of rotatable bonds is 6. The Morgan fingerprint density at radius 1 is 1.18 bits per heavy atom. The van der Waals surface area contributed by atoms with Crippen molar-refractivity contribution in [3.63, 3.8) is 0 Å². The van der Waals surface area contributed by atoms with Gasteiger partial charge in [0.25, 0.3) is 0 Å². The molecule has 2 aromatic heterocycles. The van der Waals surface area contributed by atoms with Gasteiger partial charge in [-0.2, -0.15) is 0 Å². The Hall–Kier alpha value is -3.27. The van der Waals surface area contributed by atoms with Crippen molar-refractivity contribution in [2.24, 2.45) is 5.92 Å². The SMILES string of the molecule is CC(C)C(=O)Nc1ccc(N2C(=S)N[C@H](c3ccccn3)[C@@H]2c2ccc(-c3ccc(F)cc3Br)o2)cc1Cl. The molecule has 4 aromatic rings. The van der Waals surface area contributed by atoms with E-state index in [4.69, 9.17) is 28.2 Å². The minimum absolute atomic E-state index is 0.124. The Bertz CT molecular complexity index is 1510. The number of thiocarbonyl (C=S) groups is 1. The number of carbonyl (C=O) groups is 1.